The van der Waals surface area contributed by atoms with Gasteiger partial charge in [-0.1, -0.05) is 39.3 Å². The normalized spacial score (nSPS) is 12.9. The first-order chi connectivity index (χ1) is 6.12. The van der Waals surface area contributed by atoms with Crippen molar-refractivity contribution in [1.29, 1.82) is 0 Å². The van der Waals surface area contributed by atoms with Crippen LogP contribution in [0.2, 0.25) is 0 Å². The first kappa shape index (κ1) is 12.3. The Kier molecular flexibility index (Phi) is 6.38. The fraction of sp³-hybridized carbons (Fsp3) is 0.667. The molecule has 13 heavy (non-hydrogen) atoms. The van der Waals surface area contributed by atoms with Gasteiger partial charge in [-0.15, -0.1) is 0 Å². The van der Waals surface area contributed by atoms with Gasteiger partial charge in [0.25, 0.3) is 0 Å². The molecule has 0 saturated carbocycles. The Labute approximate surface area is 82.9 Å². The number of hydrogen-bond acceptors (Lipinski definition) is 1. The highest BCUT2D eigenvalue weighted by Gasteiger charge is 2.13. The van der Waals surface area contributed by atoms with Gasteiger partial charge in [-0.25, -0.2) is 0 Å². The first-order valence-corrected chi connectivity index (χ1v) is 5.11. The lowest BCUT2D eigenvalue weighted by Crippen LogP contribution is -2.08. The average Bonchev–Trinajstić information content (AvgIpc) is 2.04. The van der Waals surface area contributed by atoms with Gasteiger partial charge in [-0.3, -0.25) is 0 Å². The Balaban J connectivity index is 3.72. The van der Waals surface area contributed by atoms with E-state index >= 15 is 0 Å². The van der Waals surface area contributed by atoms with E-state index in [1.807, 2.05) is 19.3 Å². The Hall–Kier alpha value is -0.720. The van der Waals surface area contributed by atoms with Gasteiger partial charge in [0.05, 0.1) is 0 Å². The highest BCUT2D eigenvalue weighted by molar-refractivity contribution is 5.02. The Morgan fingerprint density at radius 2 is 1.92 bits per heavy atom. The Morgan fingerprint density at radius 1 is 1.23 bits per heavy atom. The lowest BCUT2D eigenvalue weighted by molar-refractivity contribution is 0.336. The molecule has 1 heteroatoms. The van der Waals surface area contributed by atoms with E-state index in [4.69, 9.17) is 0 Å². The summed E-state index contributed by atoms with van der Waals surface area (Å²) in [4.78, 5) is 0. The Bertz CT molecular complexity index is 166. The van der Waals surface area contributed by atoms with Crippen molar-refractivity contribution < 1.29 is 0 Å². The van der Waals surface area contributed by atoms with Crippen molar-refractivity contribution in [3.8, 4) is 0 Å². The fourth-order valence-electron chi connectivity index (χ4n) is 1.40. The van der Waals surface area contributed by atoms with Gasteiger partial charge in [-0.05, 0) is 30.5 Å². The maximum atomic E-state index is 2.96. The lowest BCUT2D eigenvalue weighted by Gasteiger charge is -2.21. The highest BCUT2D eigenvalue weighted by atomic mass is 14.8. The third-order valence-corrected chi connectivity index (χ3v) is 2.11. The van der Waals surface area contributed by atoms with Crippen LogP contribution < -0.4 is 5.32 Å². The van der Waals surface area contributed by atoms with Crippen LogP contribution in [0.15, 0.2) is 24.4 Å². The molecule has 1 N–H and O–H groups in total. The summed E-state index contributed by atoms with van der Waals surface area (Å²) >= 11 is 0. The van der Waals surface area contributed by atoms with Gasteiger partial charge in [-0.2, -0.15) is 0 Å². The zero-order chi connectivity index (χ0) is 10.2. The van der Waals surface area contributed by atoms with Crippen LogP contribution in [0.5, 0.6) is 0 Å². The molecule has 0 aliphatic heterocycles. The highest BCUT2D eigenvalue weighted by Crippen LogP contribution is 2.26. The number of allylic oxidation sites excluding steroid dienone is 3. The molecule has 0 atom stereocenters. The summed E-state index contributed by atoms with van der Waals surface area (Å²) in [6.45, 7) is 6.89. The summed E-state index contributed by atoms with van der Waals surface area (Å²) in [5.74, 6) is 0. The minimum absolute atomic E-state index is 0.457. The second-order valence-corrected chi connectivity index (χ2v) is 4.19. The number of rotatable bonds is 6. The third-order valence-electron chi connectivity index (χ3n) is 2.11. The smallest absolute Gasteiger partial charge is 0.00277 e. The molecule has 0 fully saturated rings. The average molecular weight is 181 g/mol. The maximum Gasteiger partial charge on any atom is 0.00277 e. The molecule has 0 aliphatic rings. The molecule has 0 heterocycles. The van der Waals surface area contributed by atoms with E-state index in [0.717, 1.165) is 6.42 Å². The van der Waals surface area contributed by atoms with E-state index in [0.29, 0.717) is 5.41 Å². The van der Waals surface area contributed by atoms with Crippen molar-refractivity contribution in [1.82, 2.24) is 5.32 Å². The lowest BCUT2D eigenvalue weighted by atomic mass is 9.84. The largest absolute Gasteiger partial charge is 0.394 e. The molecule has 0 amide bonds. The molecule has 0 aromatic rings. The summed E-state index contributed by atoms with van der Waals surface area (Å²) in [6, 6.07) is 0. The van der Waals surface area contributed by atoms with Crippen molar-refractivity contribution in [3.05, 3.63) is 24.4 Å². The minimum atomic E-state index is 0.457. The zero-order valence-electron chi connectivity index (χ0n) is 9.43. The molecule has 76 valence electrons. The summed E-state index contributed by atoms with van der Waals surface area (Å²) < 4.78 is 0. The topological polar surface area (TPSA) is 12.0 Å². The number of nitrogens with one attached hydrogen (secondary N) is 1. The van der Waals surface area contributed by atoms with Gasteiger partial charge in [0.15, 0.2) is 0 Å². The van der Waals surface area contributed by atoms with Gasteiger partial charge in [0.2, 0.25) is 0 Å². The van der Waals surface area contributed by atoms with Gasteiger partial charge < -0.3 is 5.32 Å². The van der Waals surface area contributed by atoms with Crippen LogP contribution in [0, 0.1) is 5.41 Å². The van der Waals surface area contributed by atoms with Gasteiger partial charge >= 0.3 is 0 Å². The molecule has 0 aliphatic carbocycles. The van der Waals surface area contributed by atoms with E-state index in [2.05, 4.69) is 38.2 Å². The van der Waals surface area contributed by atoms with Gasteiger partial charge in [0, 0.05) is 7.05 Å². The van der Waals surface area contributed by atoms with Crippen LogP contribution >= 0.6 is 0 Å². The Morgan fingerprint density at radius 3 is 2.46 bits per heavy atom. The van der Waals surface area contributed by atoms with Crippen molar-refractivity contribution in [2.24, 2.45) is 5.41 Å². The van der Waals surface area contributed by atoms with Crippen LogP contribution in [-0.4, -0.2) is 7.05 Å². The van der Waals surface area contributed by atoms with Crippen LogP contribution in [0.1, 0.15) is 40.0 Å². The predicted octanol–water partition coefficient (Wildman–Crippen LogP) is 3.49. The third kappa shape index (κ3) is 7.63. The number of hydrogen-bond donors (Lipinski definition) is 1. The molecule has 0 bridgehead atoms. The molecule has 0 rings (SSSR count). The predicted molar refractivity (Wildman–Crippen MR) is 60.6 cm³/mol. The van der Waals surface area contributed by atoms with Crippen molar-refractivity contribution in [2.45, 2.75) is 40.0 Å². The van der Waals surface area contributed by atoms with Gasteiger partial charge in [0.1, 0.15) is 0 Å². The van der Waals surface area contributed by atoms with Crippen molar-refractivity contribution >= 4 is 0 Å². The second-order valence-electron chi connectivity index (χ2n) is 4.19. The molecule has 0 spiro atoms. The van der Waals surface area contributed by atoms with Crippen LogP contribution in [-0.2, 0) is 0 Å². The first-order valence-electron chi connectivity index (χ1n) is 5.11. The van der Waals surface area contributed by atoms with E-state index in [1.54, 1.807) is 0 Å². The molecular weight excluding hydrogens is 158 g/mol. The molecular formula is C12H23N. The summed E-state index contributed by atoms with van der Waals surface area (Å²) in [5, 5.41) is 2.96. The molecule has 0 unspecified atom stereocenters. The standard InChI is InChI=1S/C12H23N/c1-5-9-12(2,3)10-7-6-8-11-13-4/h6-8,11,13H,5,9-10H2,1-4H3/b7-6+,11-8+. The maximum absolute atomic E-state index is 2.96. The van der Waals surface area contributed by atoms with Crippen LogP contribution in [0.4, 0.5) is 0 Å². The quantitative estimate of drug-likeness (QED) is 0.618. The molecule has 0 aromatic carbocycles. The fourth-order valence-corrected chi connectivity index (χ4v) is 1.40. The summed E-state index contributed by atoms with van der Waals surface area (Å²) in [5.41, 5.74) is 0.457. The second kappa shape index (κ2) is 6.76. The van der Waals surface area contributed by atoms with Crippen molar-refractivity contribution in [2.75, 3.05) is 7.05 Å². The summed E-state index contributed by atoms with van der Waals surface area (Å²) in [6.07, 6.45) is 12.0. The van der Waals surface area contributed by atoms with Crippen LogP contribution in [0.3, 0.4) is 0 Å². The zero-order valence-corrected chi connectivity index (χ0v) is 9.43. The monoisotopic (exact) mass is 181 g/mol. The molecule has 0 radical (unpaired) electrons. The summed E-state index contributed by atoms with van der Waals surface area (Å²) in [7, 11) is 1.91. The SMILES string of the molecule is CCCC(C)(C)C/C=C/C=C/NC. The van der Waals surface area contributed by atoms with Crippen molar-refractivity contribution in [3.63, 3.8) is 0 Å². The van der Waals surface area contributed by atoms with Crippen LogP contribution in [0.25, 0.3) is 0 Å². The van der Waals surface area contributed by atoms with E-state index in [1.165, 1.54) is 12.8 Å². The molecule has 0 saturated heterocycles. The van der Waals surface area contributed by atoms with E-state index < -0.39 is 0 Å². The minimum Gasteiger partial charge on any atom is -0.394 e. The molecule has 1 nitrogen and oxygen atoms in total. The van der Waals surface area contributed by atoms with E-state index in [-0.39, 0.29) is 0 Å². The van der Waals surface area contributed by atoms with E-state index in [9.17, 15) is 0 Å². The molecule has 0 aromatic heterocycles.